The largest absolute Gasteiger partial charge is 0.409 e. The van der Waals surface area contributed by atoms with Gasteiger partial charge in [-0.25, -0.2) is 4.39 Å². The van der Waals surface area contributed by atoms with E-state index in [4.69, 9.17) is 10.9 Å². The van der Waals surface area contributed by atoms with Crippen molar-refractivity contribution < 1.29 is 14.4 Å². The molecule has 1 aromatic carbocycles. The Morgan fingerprint density at radius 1 is 1.47 bits per heavy atom. The summed E-state index contributed by atoms with van der Waals surface area (Å²) in [5.41, 5.74) is 5.70. The van der Waals surface area contributed by atoms with Crippen LogP contribution in [-0.2, 0) is 0 Å². The zero-order valence-corrected chi connectivity index (χ0v) is 11.8. The van der Waals surface area contributed by atoms with Gasteiger partial charge in [0.05, 0.1) is 5.56 Å². The Morgan fingerprint density at radius 2 is 2.21 bits per heavy atom. The van der Waals surface area contributed by atoms with Crippen LogP contribution in [0, 0.1) is 5.82 Å². The summed E-state index contributed by atoms with van der Waals surface area (Å²) in [6.07, 6.45) is 1.90. The first kappa shape index (κ1) is 15.4. The molecule has 0 aliphatic rings. The molecule has 104 valence electrons. The first-order valence-corrected chi connectivity index (χ1v) is 6.53. The number of hydrogen-bond donors (Lipinski definition) is 3. The molecule has 0 unspecified atom stereocenters. The highest BCUT2D eigenvalue weighted by Crippen LogP contribution is 2.17. The molecule has 0 fully saturated rings. The molecule has 0 aliphatic heterocycles. The highest BCUT2D eigenvalue weighted by molar-refractivity contribution is 9.10. The Kier molecular flexibility index (Phi) is 6.27. The van der Waals surface area contributed by atoms with E-state index >= 15 is 0 Å². The highest BCUT2D eigenvalue weighted by Gasteiger charge is 2.09. The smallest absolute Gasteiger partial charge is 0.252 e. The Balaban J connectivity index is 2.35. The Morgan fingerprint density at radius 3 is 2.84 bits per heavy atom. The van der Waals surface area contributed by atoms with E-state index in [1.165, 1.54) is 18.2 Å². The quantitative estimate of drug-likeness (QED) is 0.245. The number of amidine groups is 1. The van der Waals surface area contributed by atoms with Gasteiger partial charge in [-0.05, 0) is 47.0 Å². The number of nitrogens with zero attached hydrogens (tertiary/aromatic N) is 1. The zero-order chi connectivity index (χ0) is 14.3. The predicted octanol–water partition coefficient (Wildman–Crippen LogP) is 2.23. The summed E-state index contributed by atoms with van der Waals surface area (Å²) < 4.78 is 13.3. The summed E-state index contributed by atoms with van der Waals surface area (Å²) in [7, 11) is 0. The summed E-state index contributed by atoms with van der Waals surface area (Å²) >= 11 is 3.14. The molecular formula is C12H15BrFN3O2. The van der Waals surface area contributed by atoms with Crippen LogP contribution >= 0.6 is 15.9 Å². The maximum Gasteiger partial charge on any atom is 0.252 e. The van der Waals surface area contributed by atoms with E-state index in [2.05, 4.69) is 26.4 Å². The van der Waals surface area contributed by atoms with Crippen LogP contribution in [-0.4, -0.2) is 23.5 Å². The van der Waals surface area contributed by atoms with Gasteiger partial charge in [0, 0.05) is 17.4 Å². The fraction of sp³-hybridized carbons (Fsp3) is 0.333. The summed E-state index contributed by atoms with van der Waals surface area (Å²) in [6.45, 7) is 0.474. The lowest BCUT2D eigenvalue weighted by Gasteiger charge is -2.06. The number of halogens is 2. The van der Waals surface area contributed by atoms with E-state index in [9.17, 15) is 9.18 Å². The maximum absolute atomic E-state index is 12.9. The lowest BCUT2D eigenvalue weighted by molar-refractivity contribution is 0.0952. The zero-order valence-electron chi connectivity index (χ0n) is 10.2. The summed E-state index contributed by atoms with van der Waals surface area (Å²) in [5, 5.41) is 13.9. The molecule has 1 aromatic rings. The first-order chi connectivity index (χ1) is 9.04. The Labute approximate surface area is 118 Å². The van der Waals surface area contributed by atoms with Gasteiger partial charge < -0.3 is 16.3 Å². The number of rotatable bonds is 6. The van der Waals surface area contributed by atoms with Crippen LogP contribution in [0.25, 0.3) is 0 Å². The van der Waals surface area contributed by atoms with Gasteiger partial charge >= 0.3 is 0 Å². The molecule has 1 rings (SSSR count). The average molecular weight is 332 g/mol. The van der Waals surface area contributed by atoms with Crippen LogP contribution in [0.4, 0.5) is 4.39 Å². The van der Waals surface area contributed by atoms with Crippen LogP contribution in [0.2, 0.25) is 0 Å². The molecule has 0 saturated carbocycles. The molecule has 0 saturated heterocycles. The molecule has 4 N–H and O–H groups in total. The number of oxime groups is 1. The molecule has 1 amide bonds. The van der Waals surface area contributed by atoms with Crippen LogP contribution in [0.15, 0.2) is 27.8 Å². The van der Waals surface area contributed by atoms with Gasteiger partial charge in [-0.2, -0.15) is 0 Å². The number of hydrogen-bond acceptors (Lipinski definition) is 3. The van der Waals surface area contributed by atoms with Crippen molar-refractivity contribution in [2.45, 2.75) is 19.3 Å². The third kappa shape index (κ3) is 5.25. The monoisotopic (exact) mass is 331 g/mol. The van der Waals surface area contributed by atoms with Crippen molar-refractivity contribution in [2.75, 3.05) is 6.54 Å². The molecule has 0 aromatic heterocycles. The second-order valence-corrected chi connectivity index (χ2v) is 4.78. The molecular weight excluding hydrogens is 317 g/mol. The van der Waals surface area contributed by atoms with Gasteiger partial charge in [0.1, 0.15) is 11.7 Å². The molecule has 0 spiro atoms. The summed E-state index contributed by atoms with van der Waals surface area (Å²) in [4.78, 5) is 11.8. The number of carbonyl (C=O) groups excluding carboxylic acids is 1. The van der Waals surface area contributed by atoms with Crippen LogP contribution in [0.5, 0.6) is 0 Å². The minimum Gasteiger partial charge on any atom is -0.409 e. The van der Waals surface area contributed by atoms with Crippen molar-refractivity contribution in [3.8, 4) is 0 Å². The van der Waals surface area contributed by atoms with E-state index in [-0.39, 0.29) is 11.7 Å². The van der Waals surface area contributed by atoms with Crippen LogP contribution in [0.1, 0.15) is 29.6 Å². The second-order valence-electron chi connectivity index (χ2n) is 3.93. The highest BCUT2D eigenvalue weighted by atomic mass is 79.9. The Hall–Kier alpha value is -1.63. The van der Waals surface area contributed by atoms with Crippen LogP contribution < -0.4 is 11.1 Å². The predicted molar refractivity (Wildman–Crippen MR) is 73.7 cm³/mol. The molecule has 5 nitrogen and oxygen atoms in total. The van der Waals surface area contributed by atoms with E-state index in [1.807, 2.05) is 0 Å². The minimum absolute atomic E-state index is 0.174. The second kappa shape index (κ2) is 7.73. The van der Waals surface area contributed by atoms with Gasteiger partial charge in [-0.3, -0.25) is 4.79 Å². The molecule has 19 heavy (non-hydrogen) atoms. The standard InChI is InChI=1S/C12H15BrFN3O2/c13-10-7-8(14)4-5-9(10)12(18)16-6-2-1-3-11(15)17-19/h4-5,7,19H,1-3,6H2,(H2,15,17)(H,16,18). The van der Waals surface area contributed by atoms with Gasteiger partial charge in [0.2, 0.25) is 0 Å². The number of nitrogens with one attached hydrogen (secondary N) is 1. The number of benzene rings is 1. The molecule has 7 heteroatoms. The number of carbonyl (C=O) groups is 1. The van der Waals surface area contributed by atoms with E-state index in [0.29, 0.717) is 35.8 Å². The van der Waals surface area contributed by atoms with Gasteiger partial charge in [0.25, 0.3) is 5.91 Å². The molecule has 0 heterocycles. The number of amides is 1. The maximum atomic E-state index is 12.9. The fourth-order valence-corrected chi connectivity index (χ4v) is 1.98. The van der Waals surface area contributed by atoms with Crippen molar-refractivity contribution in [1.29, 1.82) is 0 Å². The molecule has 0 radical (unpaired) electrons. The summed E-state index contributed by atoms with van der Waals surface area (Å²) in [6, 6.07) is 3.90. The number of nitrogens with two attached hydrogens (primary N) is 1. The van der Waals surface area contributed by atoms with Crippen molar-refractivity contribution >= 4 is 27.7 Å². The molecule has 0 bridgehead atoms. The van der Waals surface area contributed by atoms with Crippen molar-refractivity contribution in [2.24, 2.45) is 10.9 Å². The average Bonchev–Trinajstić information content (AvgIpc) is 2.37. The lowest BCUT2D eigenvalue weighted by Crippen LogP contribution is -2.25. The third-order valence-electron chi connectivity index (χ3n) is 2.45. The minimum atomic E-state index is -0.401. The van der Waals surface area contributed by atoms with Crippen molar-refractivity contribution in [3.05, 3.63) is 34.1 Å². The van der Waals surface area contributed by atoms with E-state index in [1.54, 1.807) is 0 Å². The van der Waals surface area contributed by atoms with Gasteiger partial charge in [0.15, 0.2) is 0 Å². The lowest BCUT2D eigenvalue weighted by atomic mass is 10.2. The molecule has 0 aliphatic carbocycles. The van der Waals surface area contributed by atoms with E-state index in [0.717, 1.165) is 0 Å². The van der Waals surface area contributed by atoms with Crippen molar-refractivity contribution in [1.82, 2.24) is 5.32 Å². The molecule has 0 atom stereocenters. The van der Waals surface area contributed by atoms with Crippen LogP contribution in [0.3, 0.4) is 0 Å². The van der Waals surface area contributed by atoms with Crippen molar-refractivity contribution in [3.63, 3.8) is 0 Å². The fourth-order valence-electron chi connectivity index (χ4n) is 1.45. The first-order valence-electron chi connectivity index (χ1n) is 5.74. The number of unbranched alkanes of at least 4 members (excludes halogenated alkanes) is 1. The Bertz CT molecular complexity index is 480. The third-order valence-corrected chi connectivity index (χ3v) is 3.11. The SMILES string of the molecule is NC(CCCCNC(=O)c1ccc(F)cc1Br)=NO. The van der Waals surface area contributed by atoms with Gasteiger partial charge in [-0.15, -0.1) is 0 Å². The van der Waals surface area contributed by atoms with E-state index < -0.39 is 5.82 Å². The normalized spacial score (nSPS) is 11.4. The summed E-state index contributed by atoms with van der Waals surface area (Å²) in [5.74, 6) is -0.495. The topological polar surface area (TPSA) is 87.7 Å². The van der Waals surface area contributed by atoms with Gasteiger partial charge in [-0.1, -0.05) is 5.16 Å².